The molecule has 0 saturated heterocycles. The predicted molar refractivity (Wildman–Crippen MR) is 146 cm³/mol. The van der Waals surface area contributed by atoms with E-state index in [-0.39, 0.29) is 5.97 Å². The van der Waals surface area contributed by atoms with Crippen LogP contribution in [0.1, 0.15) is 84.5 Å². The molecule has 0 radical (unpaired) electrons. The molecule has 3 aromatic rings. The molecule has 5 heteroatoms. The predicted octanol–water partition coefficient (Wildman–Crippen LogP) is 8.43. The Hall–Kier alpha value is -3.21. The summed E-state index contributed by atoms with van der Waals surface area (Å²) in [5, 5.41) is 0. The number of nitrogens with zero attached hydrogens (tertiary/aromatic N) is 2. The summed E-state index contributed by atoms with van der Waals surface area (Å²) in [6.45, 7) is 5.07. The molecule has 0 aliphatic carbocycles. The summed E-state index contributed by atoms with van der Waals surface area (Å²) in [6, 6.07) is 15.4. The Morgan fingerprint density at radius 2 is 1.19 bits per heavy atom. The number of hydrogen-bond donors (Lipinski definition) is 0. The standard InChI is InChI=1S/C31H40N2O3/c1-3-5-7-8-9-10-11-12-22-35-28-18-16-26(17-19-28)31-32-23-27(24-33-31)25-14-20-29(21-15-25)36-30(34)13-6-4-2/h14-21,23-24H,3-13,22H2,1-2H3. The lowest BCUT2D eigenvalue weighted by molar-refractivity contribution is -0.134. The molecule has 0 atom stereocenters. The lowest BCUT2D eigenvalue weighted by Gasteiger charge is -2.08. The van der Waals surface area contributed by atoms with Gasteiger partial charge in [-0.1, -0.05) is 77.3 Å². The van der Waals surface area contributed by atoms with E-state index in [1.807, 2.05) is 48.8 Å². The quantitative estimate of drug-likeness (QED) is 0.115. The van der Waals surface area contributed by atoms with E-state index in [0.717, 1.165) is 48.3 Å². The van der Waals surface area contributed by atoms with Crippen LogP contribution in [0.3, 0.4) is 0 Å². The van der Waals surface area contributed by atoms with E-state index < -0.39 is 0 Å². The van der Waals surface area contributed by atoms with Crippen LogP contribution >= 0.6 is 0 Å². The van der Waals surface area contributed by atoms with Gasteiger partial charge in [-0.3, -0.25) is 4.79 Å². The highest BCUT2D eigenvalue weighted by molar-refractivity contribution is 5.73. The zero-order chi connectivity index (χ0) is 25.4. The van der Waals surface area contributed by atoms with Crippen molar-refractivity contribution in [1.82, 2.24) is 9.97 Å². The first kappa shape index (κ1) is 27.4. The van der Waals surface area contributed by atoms with Crippen LogP contribution in [-0.2, 0) is 4.79 Å². The molecular formula is C31H40N2O3. The maximum Gasteiger partial charge on any atom is 0.311 e. The average molecular weight is 489 g/mol. The maximum atomic E-state index is 11.8. The van der Waals surface area contributed by atoms with E-state index in [0.29, 0.717) is 18.0 Å². The number of benzene rings is 2. The Bertz CT molecular complexity index is 1020. The summed E-state index contributed by atoms with van der Waals surface area (Å²) >= 11 is 0. The lowest BCUT2D eigenvalue weighted by Crippen LogP contribution is -2.07. The molecule has 0 N–H and O–H groups in total. The fourth-order valence-electron chi connectivity index (χ4n) is 3.97. The van der Waals surface area contributed by atoms with Gasteiger partial charge in [0.2, 0.25) is 0 Å². The first-order chi connectivity index (χ1) is 17.7. The van der Waals surface area contributed by atoms with Crippen LogP contribution in [0.25, 0.3) is 22.5 Å². The molecule has 0 unspecified atom stereocenters. The number of rotatable bonds is 16. The molecule has 1 aromatic heterocycles. The Morgan fingerprint density at radius 3 is 1.83 bits per heavy atom. The Kier molecular flexibility index (Phi) is 12.0. The minimum Gasteiger partial charge on any atom is -0.494 e. The molecule has 0 amide bonds. The molecule has 0 fully saturated rings. The molecule has 0 aliphatic rings. The van der Waals surface area contributed by atoms with Crippen molar-refractivity contribution in [2.24, 2.45) is 0 Å². The van der Waals surface area contributed by atoms with E-state index in [1.54, 1.807) is 12.1 Å². The Labute approximate surface area is 216 Å². The number of hydrogen-bond acceptors (Lipinski definition) is 5. The minimum absolute atomic E-state index is 0.193. The van der Waals surface area contributed by atoms with Crippen molar-refractivity contribution in [3.05, 3.63) is 60.9 Å². The molecule has 0 bridgehead atoms. The summed E-state index contributed by atoms with van der Waals surface area (Å²) in [7, 11) is 0. The third-order valence-electron chi connectivity index (χ3n) is 6.18. The summed E-state index contributed by atoms with van der Waals surface area (Å²) in [5.41, 5.74) is 2.84. The monoisotopic (exact) mass is 488 g/mol. The van der Waals surface area contributed by atoms with Crippen LogP contribution < -0.4 is 9.47 Å². The van der Waals surface area contributed by atoms with Gasteiger partial charge in [0.1, 0.15) is 11.5 Å². The number of carbonyl (C=O) groups is 1. The van der Waals surface area contributed by atoms with E-state index in [4.69, 9.17) is 9.47 Å². The van der Waals surface area contributed by atoms with E-state index >= 15 is 0 Å². The second-order valence-electron chi connectivity index (χ2n) is 9.25. The highest BCUT2D eigenvalue weighted by Gasteiger charge is 2.07. The van der Waals surface area contributed by atoms with Gasteiger partial charge >= 0.3 is 5.97 Å². The molecule has 1 heterocycles. The summed E-state index contributed by atoms with van der Waals surface area (Å²) in [5.74, 6) is 1.92. The Balaban J connectivity index is 1.43. The summed E-state index contributed by atoms with van der Waals surface area (Å²) in [6.07, 6.45) is 16.3. The van der Waals surface area contributed by atoms with E-state index in [1.165, 1.54) is 44.9 Å². The van der Waals surface area contributed by atoms with Gasteiger partial charge in [-0.25, -0.2) is 9.97 Å². The van der Waals surface area contributed by atoms with Crippen molar-refractivity contribution >= 4 is 5.97 Å². The van der Waals surface area contributed by atoms with Crippen LogP contribution in [-0.4, -0.2) is 22.5 Å². The summed E-state index contributed by atoms with van der Waals surface area (Å²) in [4.78, 5) is 20.9. The molecular weight excluding hydrogens is 448 g/mol. The zero-order valence-corrected chi connectivity index (χ0v) is 21.9. The lowest BCUT2D eigenvalue weighted by atomic mass is 10.1. The molecule has 192 valence electrons. The van der Waals surface area contributed by atoms with Gasteiger partial charge in [0, 0.05) is 29.9 Å². The number of ether oxygens (including phenoxy) is 2. The van der Waals surface area contributed by atoms with Crippen molar-refractivity contribution in [2.45, 2.75) is 84.5 Å². The second-order valence-corrected chi connectivity index (χ2v) is 9.25. The van der Waals surface area contributed by atoms with Crippen LogP contribution in [0.15, 0.2) is 60.9 Å². The third-order valence-corrected chi connectivity index (χ3v) is 6.18. The third kappa shape index (κ3) is 9.44. The molecule has 3 rings (SSSR count). The number of unbranched alkanes of at least 4 members (excludes halogenated alkanes) is 8. The highest BCUT2D eigenvalue weighted by Crippen LogP contribution is 2.24. The van der Waals surface area contributed by atoms with Crippen molar-refractivity contribution < 1.29 is 14.3 Å². The number of aromatic nitrogens is 2. The molecule has 5 nitrogen and oxygen atoms in total. The van der Waals surface area contributed by atoms with Gasteiger partial charge in [-0.15, -0.1) is 0 Å². The van der Waals surface area contributed by atoms with Gasteiger partial charge in [0.25, 0.3) is 0 Å². The highest BCUT2D eigenvalue weighted by atomic mass is 16.5. The fourth-order valence-corrected chi connectivity index (χ4v) is 3.97. The molecule has 2 aromatic carbocycles. The summed E-state index contributed by atoms with van der Waals surface area (Å²) < 4.78 is 11.3. The minimum atomic E-state index is -0.193. The Morgan fingerprint density at radius 1 is 0.639 bits per heavy atom. The van der Waals surface area contributed by atoms with Crippen LogP contribution in [0, 0.1) is 0 Å². The van der Waals surface area contributed by atoms with E-state index in [9.17, 15) is 4.79 Å². The van der Waals surface area contributed by atoms with Gasteiger partial charge in [-0.2, -0.15) is 0 Å². The average Bonchev–Trinajstić information content (AvgIpc) is 2.92. The second kappa shape index (κ2) is 15.7. The number of esters is 1. The SMILES string of the molecule is CCCCCCCCCCOc1ccc(-c2ncc(-c3ccc(OC(=O)CCCC)cc3)cn2)cc1. The normalized spacial score (nSPS) is 10.8. The van der Waals surface area contributed by atoms with Crippen molar-refractivity contribution in [2.75, 3.05) is 6.61 Å². The first-order valence-electron chi connectivity index (χ1n) is 13.6. The van der Waals surface area contributed by atoms with Crippen molar-refractivity contribution in [3.63, 3.8) is 0 Å². The molecule has 0 saturated carbocycles. The van der Waals surface area contributed by atoms with Gasteiger partial charge in [-0.05, 0) is 54.8 Å². The largest absolute Gasteiger partial charge is 0.494 e. The smallest absolute Gasteiger partial charge is 0.311 e. The van der Waals surface area contributed by atoms with Gasteiger partial charge in [0.05, 0.1) is 6.61 Å². The molecule has 0 aliphatic heterocycles. The topological polar surface area (TPSA) is 61.3 Å². The molecule has 36 heavy (non-hydrogen) atoms. The fraction of sp³-hybridized carbons (Fsp3) is 0.452. The molecule has 0 spiro atoms. The first-order valence-corrected chi connectivity index (χ1v) is 13.6. The maximum absolute atomic E-state index is 11.8. The van der Waals surface area contributed by atoms with E-state index in [2.05, 4.69) is 23.8 Å². The number of carbonyl (C=O) groups excluding carboxylic acids is 1. The van der Waals surface area contributed by atoms with Crippen LogP contribution in [0.2, 0.25) is 0 Å². The van der Waals surface area contributed by atoms with Crippen molar-refractivity contribution in [1.29, 1.82) is 0 Å². The van der Waals surface area contributed by atoms with Gasteiger partial charge in [0.15, 0.2) is 5.82 Å². The van der Waals surface area contributed by atoms with Crippen molar-refractivity contribution in [3.8, 4) is 34.0 Å². The zero-order valence-electron chi connectivity index (χ0n) is 21.9. The van der Waals surface area contributed by atoms with Gasteiger partial charge < -0.3 is 9.47 Å². The van der Waals surface area contributed by atoms with Crippen LogP contribution in [0.4, 0.5) is 0 Å². The van der Waals surface area contributed by atoms with Crippen LogP contribution in [0.5, 0.6) is 11.5 Å².